The van der Waals surface area contributed by atoms with Gasteiger partial charge in [-0.15, -0.1) is 11.8 Å². The molecule has 1 fully saturated rings. The lowest BCUT2D eigenvalue weighted by molar-refractivity contribution is -0.137. The second-order valence-electron chi connectivity index (χ2n) is 4.98. The zero-order chi connectivity index (χ0) is 14.1. The normalized spacial score (nSPS) is 23.6. The molecule has 1 saturated heterocycles. The molecule has 1 atom stereocenters. The van der Waals surface area contributed by atoms with Crippen molar-refractivity contribution in [3.8, 4) is 0 Å². The fraction of sp³-hybridized carbons (Fsp3) is 0.500. The molecule has 0 saturated carbocycles. The second kappa shape index (κ2) is 5.19. The van der Waals surface area contributed by atoms with E-state index in [0.29, 0.717) is 5.56 Å². The quantitative estimate of drug-likeness (QED) is 0.833. The van der Waals surface area contributed by atoms with Crippen molar-refractivity contribution in [3.05, 3.63) is 35.4 Å². The monoisotopic (exact) mass is 288 g/mol. The molecule has 1 heterocycles. The molecule has 1 aliphatic heterocycles. The molecule has 0 N–H and O–H groups in total. The van der Waals surface area contributed by atoms with Crippen LogP contribution in [-0.4, -0.2) is 16.3 Å². The van der Waals surface area contributed by atoms with Crippen molar-refractivity contribution >= 4 is 17.5 Å². The largest absolute Gasteiger partial charge is 0.416 e. The van der Waals surface area contributed by atoms with Crippen LogP contribution in [0.5, 0.6) is 0 Å². The zero-order valence-electron chi connectivity index (χ0n) is 10.6. The van der Waals surface area contributed by atoms with Crippen LogP contribution in [0.25, 0.3) is 0 Å². The minimum absolute atomic E-state index is 0.106. The van der Waals surface area contributed by atoms with Gasteiger partial charge < -0.3 is 0 Å². The highest BCUT2D eigenvalue weighted by Gasteiger charge is 2.36. The number of rotatable bonds is 3. The molecule has 0 aromatic heterocycles. The average Bonchev–Trinajstić information content (AvgIpc) is 2.77. The Morgan fingerprint density at radius 2 is 1.95 bits per heavy atom. The maximum atomic E-state index is 12.4. The van der Waals surface area contributed by atoms with E-state index in [0.717, 1.165) is 30.7 Å². The summed E-state index contributed by atoms with van der Waals surface area (Å²) in [6.45, 7) is 1.93. The van der Waals surface area contributed by atoms with Gasteiger partial charge in [-0.2, -0.15) is 13.2 Å². The number of ketones is 1. The highest BCUT2D eigenvalue weighted by atomic mass is 32.2. The Morgan fingerprint density at radius 3 is 2.42 bits per heavy atom. The molecule has 0 radical (unpaired) electrons. The van der Waals surface area contributed by atoms with Crippen molar-refractivity contribution in [2.75, 3.05) is 5.75 Å². The maximum Gasteiger partial charge on any atom is 0.416 e. The Morgan fingerprint density at radius 1 is 1.32 bits per heavy atom. The molecule has 2 rings (SSSR count). The highest BCUT2D eigenvalue weighted by molar-refractivity contribution is 8.01. The summed E-state index contributed by atoms with van der Waals surface area (Å²) in [6, 6.07) is 4.85. The third-order valence-electron chi connectivity index (χ3n) is 3.45. The van der Waals surface area contributed by atoms with E-state index >= 15 is 0 Å². The van der Waals surface area contributed by atoms with Crippen molar-refractivity contribution in [1.82, 2.24) is 0 Å². The molecule has 1 aromatic carbocycles. The van der Waals surface area contributed by atoms with Gasteiger partial charge in [-0.05, 0) is 43.2 Å². The summed E-state index contributed by atoms with van der Waals surface area (Å²) >= 11 is 1.65. The Kier molecular flexibility index (Phi) is 3.95. The summed E-state index contributed by atoms with van der Waals surface area (Å²) in [4.78, 5) is 12.2. The lowest BCUT2D eigenvalue weighted by Crippen LogP contribution is -2.30. The number of benzene rings is 1. The van der Waals surface area contributed by atoms with Crippen LogP contribution in [0.4, 0.5) is 13.2 Å². The molecule has 0 bridgehead atoms. The summed E-state index contributed by atoms with van der Waals surface area (Å²) in [5, 5.41) is 0. The molecule has 1 aliphatic rings. The molecule has 1 unspecified atom stereocenters. The number of Topliss-reactive ketones (excluding diaryl/α,β-unsaturated/α-hetero) is 1. The van der Waals surface area contributed by atoms with Crippen LogP contribution in [0.15, 0.2) is 24.3 Å². The van der Waals surface area contributed by atoms with E-state index in [9.17, 15) is 18.0 Å². The van der Waals surface area contributed by atoms with Crippen LogP contribution < -0.4 is 0 Å². The van der Waals surface area contributed by atoms with Crippen LogP contribution in [0.2, 0.25) is 0 Å². The topological polar surface area (TPSA) is 17.1 Å². The van der Waals surface area contributed by atoms with E-state index in [2.05, 4.69) is 0 Å². The van der Waals surface area contributed by atoms with E-state index in [1.807, 2.05) is 6.92 Å². The third-order valence-corrected chi connectivity index (χ3v) is 5.02. The number of thioether (sulfide) groups is 1. The number of carbonyl (C=O) groups excluding carboxylic acids is 1. The number of hydrogen-bond donors (Lipinski definition) is 0. The van der Waals surface area contributed by atoms with E-state index in [1.165, 1.54) is 12.1 Å². The first-order valence-electron chi connectivity index (χ1n) is 6.15. The number of carbonyl (C=O) groups is 1. The smallest absolute Gasteiger partial charge is 0.298 e. The van der Waals surface area contributed by atoms with Gasteiger partial charge in [0.15, 0.2) is 5.78 Å². The predicted molar refractivity (Wildman–Crippen MR) is 70.3 cm³/mol. The Balaban J connectivity index is 2.06. The number of halogens is 3. The van der Waals surface area contributed by atoms with Gasteiger partial charge in [0, 0.05) is 6.42 Å². The van der Waals surface area contributed by atoms with Crippen LogP contribution in [0, 0.1) is 0 Å². The molecule has 0 spiro atoms. The van der Waals surface area contributed by atoms with Gasteiger partial charge in [0.25, 0.3) is 0 Å². The molecule has 104 valence electrons. The summed E-state index contributed by atoms with van der Waals surface area (Å²) < 4.78 is 36.9. The van der Waals surface area contributed by atoms with Crippen LogP contribution in [0.1, 0.15) is 30.9 Å². The van der Waals surface area contributed by atoms with E-state index in [1.54, 1.807) is 11.8 Å². The van der Waals surface area contributed by atoms with Gasteiger partial charge in [-0.25, -0.2) is 0 Å². The van der Waals surface area contributed by atoms with Gasteiger partial charge in [0.2, 0.25) is 0 Å². The van der Waals surface area contributed by atoms with Gasteiger partial charge in [-0.1, -0.05) is 12.1 Å². The standard InChI is InChI=1S/C14H15F3OS/c1-13(7-2-8-19-13)12(18)9-10-3-5-11(6-4-10)14(15,16)17/h3-6H,2,7-9H2,1H3. The molecule has 0 amide bonds. The Labute approximate surface area is 114 Å². The molecular formula is C14H15F3OS. The second-order valence-corrected chi connectivity index (χ2v) is 6.58. The van der Waals surface area contributed by atoms with Crippen molar-refractivity contribution < 1.29 is 18.0 Å². The van der Waals surface area contributed by atoms with Crippen molar-refractivity contribution in [1.29, 1.82) is 0 Å². The Bertz CT molecular complexity index is 459. The van der Waals surface area contributed by atoms with Crippen LogP contribution in [-0.2, 0) is 17.4 Å². The first kappa shape index (κ1) is 14.4. The lowest BCUT2D eigenvalue weighted by Gasteiger charge is -2.20. The lowest BCUT2D eigenvalue weighted by atomic mass is 9.94. The minimum Gasteiger partial charge on any atom is -0.298 e. The van der Waals surface area contributed by atoms with Crippen molar-refractivity contribution in [2.24, 2.45) is 0 Å². The predicted octanol–water partition coefficient (Wildman–Crippen LogP) is 4.10. The van der Waals surface area contributed by atoms with Gasteiger partial charge in [0.1, 0.15) is 0 Å². The first-order valence-corrected chi connectivity index (χ1v) is 7.13. The molecule has 0 aliphatic carbocycles. The summed E-state index contributed by atoms with van der Waals surface area (Å²) in [6.07, 6.45) is -2.23. The third kappa shape index (κ3) is 3.32. The van der Waals surface area contributed by atoms with Crippen LogP contribution in [0.3, 0.4) is 0 Å². The molecule has 1 nitrogen and oxygen atoms in total. The maximum absolute atomic E-state index is 12.4. The highest BCUT2D eigenvalue weighted by Crippen LogP contribution is 2.39. The fourth-order valence-corrected chi connectivity index (χ4v) is 3.44. The van der Waals surface area contributed by atoms with Crippen molar-refractivity contribution in [3.63, 3.8) is 0 Å². The van der Waals surface area contributed by atoms with Gasteiger partial charge >= 0.3 is 6.18 Å². The van der Waals surface area contributed by atoms with Crippen molar-refractivity contribution in [2.45, 2.75) is 37.1 Å². The number of alkyl halides is 3. The number of hydrogen-bond acceptors (Lipinski definition) is 2. The first-order chi connectivity index (χ1) is 8.81. The van der Waals surface area contributed by atoms with E-state index < -0.39 is 11.7 Å². The van der Waals surface area contributed by atoms with Gasteiger partial charge in [-0.3, -0.25) is 4.79 Å². The van der Waals surface area contributed by atoms with E-state index in [4.69, 9.17) is 0 Å². The van der Waals surface area contributed by atoms with Crippen LogP contribution >= 0.6 is 11.8 Å². The molecule has 1 aromatic rings. The minimum atomic E-state index is -4.32. The average molecular weight is 288 g/mol. The molecule has 19 heavy (non-hydrogen) atoms. The van der Waals surface area contributed by atoms with Gasteiger partial charge in [0.05, 0.1) is 10.3 Å². The Hall–Kier alpha value is -0.970. The van der Waals surface area contributed by atoms with E-state index in [-0.39, 0.29) is 17.0 Å². The fourth-order valence-electron chi connectivity index (χ4n) is 2.18. The summed E-state index contributed by atoms with van der Waals surface area (Å²) in [5.74, 6) is 1.09. The molecular weight excluding hydrogens is 273 g/mol. The summed E-state index contributed by atoms with van der Waals surface area (Å²) in [7, 11) is 0. The SMILES string of the molecule is CC1(C(=O)Cc2ccc(C(F)(F)F)cc2)CCCS1. The molecule has 5 heteroatoms. The summed E-state index contributed by atoms with van der Waals surface area (Å²) in [5.41, 5.74) is -0.0307. The zero-order valence-corrected chi connectivity index (χ0v) is 11.4.